The van der Waals surface area contributed by atoms with Crippen LogP contribution < -0.4 is 0 Å². The molecule has 0 nitrogen and oxygen atoms in total. The minimum Gasteiger partial charge on any atom is -0.0616 e. The van der Waals surface area contributed by atoms with Gasteiger partial charge in [0.05, 0.1) is 0 Å². The summed E-state index contributed by atoms with van der Waals surface area (Å²) in [6.45, 7) is 4.82. The van der Waals surface area contributed by atoms with Gasteiger partial charge in [0.25, 0.3) is 0 Å². The lowest BCUT2D eigenvalue weighted by Gasteiger charge is -2.26. The Bertz CT molecular complexity index is 3450. The van der Waals surface area contributed by atoms with Crippen LogP contribution in [-0.4, -0.2) is 0 Å². The Morgan fingerprint density at radius 2 is 0.746 bits per heavy atom. The first-order valence-corrected chi connectivity index (χ1v) is 20.8. The van der Waals surface area contributed by atoms with Gasteiger partial charge in [0.15, 0.2) is 0 Å². The maximum Gasteiger partial charge on any atom is 0.0171 e. The highest BCUT2D eigenvalue weighted by atomic mass is 14.4. The van der Waals surface area contributed by atoms with Crippen LogP contribution in [0.15, 0.2) is 206 Å². The number of fused-ring (bicyclic) bond motifs is 10. The van der Waals surface area contributed by atoms with Crippen molar-refractivity contribution in [2.45, 2.75) is 19.3 Å². The molecule has 11 aromatic carbocycles. The summed E-state index contributed by atoms with van der Waals surface area (Å²) in [6.07, 6.45) is 0. The number of benzene rings is 11. The average Bonchev–Trinajstić information content (AvgIpc) is 3.54. The van der Waals surface area contributed by atoms with Crippen molar-refractivity contribution in [2.75, 3.05) is 0 Å². The van der Waals surface area contributed by atoms with E-state index in [1.54, 1.807) is 0 Å². The first-order valence-electron chi connectivity index (χ1n) is 20.8. The molecule has 0 fully saturated rings. The fraction of sp³-hybridized carbons (Fsp3) is 0.0508. The van der Waals surface area contributed by atoms with Gasteiger partial charge in [-0.1, -0.05) is 208 Å². The van der Waals surface area contributed by atoms with Crippen LogP contribution in [0.1, 0.15) is 25.0 Å². The first-order chi connectivity index (χ1) is 29.0. The molecule has 0 radical (unpaired) electrons. The molecule has 0 heteroatoms. The van der Waals surface area contributed by atoms with E-state index in [1.807, 2.05) is 0 Å². The quantitative estimate of drug-likeness (QED) is 0.124. The molecule has 0 amide bonds. The lowest BCUT2D eigenvalue weighted by atomic mass is 9.77. The van der Waals surface area contributed by atoms with Crippen LogP contribution in [0.5, 0.6) is 0 Å². The van der Waals surface area contributed by atoms with E-state index in [2.05, 4.69) is 220 Å². The van der Waals surface area contributed by atoms with Gasteiger partial charge in [-0.25, -0.2) is 0 Å². The molecule has 1 aliphatic carbocycles. The van der Waals surface area contributed by atoms with Crippen molar-refractivity contribution in [3.63, 3.8) is 0 Å². The Labute approximate surface area is 344 Å². The van der Waals surface area contributed by atoms with E-state index < -0.39 is 0 Å². The molecule has 1 aliphatic rings. The van der Waals surface area contributed by atoms with Crippen molar-refractivity contribution in [2.24, 2.45) is 0 Å². The number of hydrogen-bond donors (Lipinski definition) is 0. The predicted octanol–water partition coefficient (Wildman–Crippen LogP) is 16.4. The second-order valence-corrected chi connectivity index (χ2v) is 16.8. The molecule has 0 spiro atoms. The van der Waals surface area contributed by atoms with E-state index >= 15 is 0 Å². The zero-order chi connectivity index (χ0) is 39.2. The molecule has 0 heterocycles. The largest absolute Gasteiger partial charge is 0.0616 e. The Kier molecular flexibility index (Phi) is 7.38. The summed E-state index contributed by atoms with van der Waals surface area (Å²) in [7, 11) is 0. The zero-order valence-electron chi connectivity index (χ0n) is 33.1. The van der Waals surface area contributed by atoms with E-state index in [-0.39, 0.29) is 5.41 Å². The Hall–Kier alpha value is -7.28. The van der Waals surface area contributed by atoms with Gasteiger partial charge < -0.3 is 0 Å². The molecule has 59 heavy (non-hydrogen) atoms. The average molecular weight is 749 g/mol. The molecule has 0 aromatic heterocycles. The fourth-order valence-corrected chi connectivity index (χ4v) is 10.7. The third kappa shape index (κ3) is 5.03. The van der Waals surface area contributed by atoms with Crippen molar-refractivity contribution in [3.05, 3.63) is 217 Å². The maximum absolute atomic E-state index is 2.43. The van der Waals surface area contributed by atoms with Crippen LogP contribution in [0.25, 0.3) is 109 Å². The summed E-state index contributed by atoms with van der Waals surface area (Å²) in [6, 6.07) is 76.8. The van der Waals surface area contributed by atoms with Crippen molar-refractivity contribution in [1.82, 2.24) is 0 Å². The van der Waals surface area contributed by atoms with Crippen LogP contribution in [-0.2, 0) is 5.41 Å². The van der Waals surface area contributed by atoms with Gasteiger partial charge in [0, 0.05) is 5.41 Å². The van der Waals surface area contributed by atoms with Crippen LogP contribution in [0.2, 0.25) is 0 Å². The molecule has 0 aliphatic heterocycles. The third-order valence-corrected chi connectivity index (χ3v) is 13.2. The lowest BCUT2D eigenvalue weighted by molar-refractivity contribution is 0.668. The van der Waals surface area contributed by atoms with E-state index in [0.717, 1.165) is 0 Å². The van der Waals surface area contributed by atoms with E-state index in [1.165, 1.54) is 121 Å². The zero-order valence-corrected chi connectivity index (χ0v) is 33.1. The highest BCUT2D eigenvalue weighted by Gasteiger charge is 2.38. The molecule has 0 saturated heterocycles. The lowest BCUT2D eigenvalue weighted by Crippen LogP contribution is -2.16. The second kappa shape index (κ2) is 12.9. The Morgan fingerprint density at radius 1 is 0.254 bits per heavy atom. The van der Waals surface area contributed by atoms with Crippen LogP contribution in [0.4, 0.5) is 0 Å². The predicted molar refractivity (Wildman–Crippen MR) is 253 cm³/mol. The summed E-state index contributed by atoms with van der Waals surface area (Å²) in [5, 5.41) is 12.8. The van der Waals surface area contributed by atoms with E-state index in [9.17, 15) is 0 Å². The van der Waals surface area contributed by atoms with Crippen molar-refractivity contribution in [3.8, 4) is 55.6 Å². The van der Waals surface area contributed by atoms with Crippen LogP contribution >= 0.6 is 0 Å². The smallest absolute Gasteiger partial charge is 0.0171 e. The molecule has 0 unspecified atom stereocenters. The Morgan fingerprint density at radius 3 is 1.44 bits per heavy atom. The summed E-state index contributed by atoms with van der Waals surface area (Å²) >= 11 is 0. The summed E-state index contributed by atoms with van der Waals surface area (Å²) in [5.74, 6) is 0. The topological polar surface area (TPSA) is 0 Å². The third-order valence-electron chi connectivity index (χ3n) is 13.2. The fourth-order valence-electron chi connectivity index (χ4n) is 10.7. The molecule has 11 aromatic rings. The highest BCUT2D eigenvalue weighted by molar-refractivity contribution is 6.22. The maximum atomic E-state index is 2.43. The summed E-state index contributed by atoms with van der Waals surface area (Å²) in [5.41, 5.74) is 15.4. The SMILES string of the molecule is CC1(C)c2c(-c3cccc(-c4c5ccccc5c(-c5ccc(-c6cc7ccccc7c7ccccc67)cc5)c5ccccc45)c3)cccc2-c2ccc3ccccc3c21. The van der Waals surface area contributed by atoms with Crippen molar-refractivity contribution in [1.29, 1.82) is 0 Å². The molecule has 276 valence electrons. The normalized spacial score (nSPS) is 13.1. The van der Waals surface area contributed by atoms with E-state index in [4.69, 9.17) is 0 Å². The first kappa shape index (κ1) is 33.8. The molecule has 0 N–H and O–H groups in total. The molecular formula is C59H40. The van der Waals surface area contributed by atoms with Gasteiger partial charge in [-0.2, -0.15) is 0 Å². The summed E-state index contributed by atoms with van der Waals surface area (Å²) in [4.78, 5) is 0. The molecule has 12 rings (SSSR count). The minimum atomic E-state index is -0.157. The number of hydrogen-bond acceptors (Lipinski definition) is 0. The Balaban J connectivity index is 1.01. The molecular weight excluding hydrogens is 709 g/mol. The van der Waals surface area contributed by atoms with Gasteiger partial charge in [0.2, 0.25) is 0 Å². The molecule has 0 atom stereocenters. The van der Waals surface area contributed by atoms with Crippen LogP contribution in [0.3, 0.4) is 0 Å². The van der Waals surface area contributed by atoms with Gasteiger partial charge >= 0.3 is 0 Å². The minimum absolute atomic E-state index is 0.157. The van der Waals surface area contributed by atoms with Gasteiger partial charge in [-0.15, -0.1) is 0 Å². The van der Waals surface area contributed by atoms with Gasteiger partial charge in [0.1, 0.15) is 0 Å². The highest BCUT2D eigenvalue weighted by Crippen LogP contribution is 2.55. The van der Waals surface area contributed by atoms with Gasteiger partial charge in [-0.3, -0.25) is 0 Å². The number of rotatable bonds is 4. The summed E-state index contributed by atoms with van der Waals surface area (Å²) < 4.78 is 0. The standard InChI is InChI=1S/C59H40/c1-59(2)57-44-20-6-3-15-37(44)33-34-53(57)52-28-14-27-45(58(52)59)40-17-13-18-42(35-40)56-50-25-11-9-23-48(50)55(49-24-10-12-26-51(49)56)39-31-29-38(30-32-39)54-36-41-16-4-5-19-43(41)46-21-7-8-22-47(46)54/h3-36H,1-2H3. The molecule has 0 saturated carbocycles. The van der Waals surface area contributed by atoms with Crippen molar-refractivity contribution < 1.29 is 0 Å². The van der Waals surface area contributed by atoms with E-state index in [0.29, 0.717) is 0 Å². The van der Waals surface area contributed by atoms with Crippen LogP contribution in [0, 0.1) is 0 Å². The van der Waals surface area contributed by atoms with Gasteiger partial charge in [-0.05, 0) is 133 Å². The monoisotopic (exact) mass is 748 g/mol. The second-order valence-electron chi connectivity index (χ2n) is 16.8. The van der Waals surface area contributed by atoms with Crippen molar-refractivity contribution >= 4 is 53.9 Å². The molecule has 0 bridgehead atoms.